The summed E-state index contributed by atoms with van der Waals surface area (Å²) in [4.78, 5) is 13.5. The summed E-state index contributed by atoms with van der Waals surface area (Å²) in [5, 5.41) is 11.2. The zero-order chi connectivity index (χ0) is 16.9. The number of benzene rings is 1. The van der Waals surface area contributed by atoms with Crippen LogP contribution in [0, 0.1) is 11.7 Å². The molecule has 5 nitrogen and oxygen atoms in total. The summed E-state index contributed by atoms with van der Waals surface area (Å²) in [6, 6.07) is 4.72. The zero-order valence-electron chi connectivity index (χ0n) is 13.7. The number of piperidine rings is 1. The smallest absolute Gasteiger partial charge is 0.236 e. The lowest BCUT2D eigenvalue weighted by Gasteiger charge is -2.30. The van der Waals surface area contributed by atoms with Crippen LogP contribution < -0.4 is 5.32 Å². The molecule has 0 atom stereocenters. The second-order valence-corrected chi connectivity index (χ2v) is 7.25. The predicted molar refractivity (Wildman–Crippen MR) is 95.7 cm³/mol. The lowest BCUT2D eigenvalue weighted by Crippen LogP contribution is -2.32. The number of hydrogen-bond donors (Lipinski definition) is 1. The van der Waals surface area contributed by atoms with Gasteiger partial charge in [0.2, 0.25) is 5.91 Å². The lowest BCUT2D eigenvalue weighted by molar-refractivity contribution is -0.116. The minimum Gasteiger partial charge on any atom is -0.303 e. The predicted octanol–water partition coefficient (Wildman–Crippen LogP) is 2.61. The van der Waals surface area contributed by atoms with Gasteiger partial charge in [0.1, 0.15) is 5.82 Å². The maximum absolute atomic E-state index is 13.6. The van der Waals surface area contributed by atoms with Crippen LogP contribution in [0.5, 0.6) is 0 Å². The largest absolute Gasteiger partial charge is 0.303 e. The van der Waals surface area contributed by atoms with Gasteiger partial charge in [-0.25, -0.2) is 4.39 Å². The second-order valence-electron chi connectivity index (χ2n) is 6.29. The molecule has 1 aromatic rings. The Morgan fingerprint density at radius 1 is 1.42 bits per heavy atom. The van der Waals surface area contributed by atoms with E-state index in [9.17, 15) is 9.18 Å². The molecule has 1 aromatic carbocycles. The number of likely N-dealkylation sites (tertiary alicyclic amines) is 1. The Morgan fingerprint density at radius 2 is 2.21 bits per heavy atom. The first-order valence-corrected chi connectivity index (χ1v) is 9.13. The molecule has 3 rings (SSSR count). The van der Waals surface area contributed by atoms with Crippen LogP contribution in [0.1, 0.15) is 30.9 Å². The Hall–Kier alpha value is -1.73. The van der Waals surface area contributed by atoms with Crippen LogP contribution in [0.4, 0.5) is 4.39 Å². The normalized spacial score (nSPS) is 21.8. The number of amides is 1. The fourth-order valence-corrected chi connectivity index (χ4v) is 3.45. The summed E-state index contributed by atoms with van der Waals surface area (Å²) in [6.07, 6.45) is 3.99. The number of carbonyl (C=O) groups is 1. The van der Waals surface area contributed by atoms with E-state index < -0.39 is 0 Å². The van der Waals surface area contributed by atoms with E-state index in [1.165, 1.54) is 30.7 Å². The van der Waals surface area contributed by atoms with E-state index in [2.05, 4.69) is 27.3 Å². The Bertz CT molecular complexity index is 669. The lowest BCUT2D eigenvalue weighted by atomic mass is 9.98. The fraction of sp³-hybridized carbons (Fsp3) is 0.471. The van der Waals surface area contributed by atoms with Crippen LogP contribution in [-0.4, -0.2) is 41.0 Å². The van der Waals surface area contributed by atoms with Gasteiger partial charge in [0.05, 0.1) is 12.0 Å². The van der Waals surface area contributed by atoms with Gasteiger partial charge in [-0.3, -0.25) is 9.69 Å². The molecular formula is C17H21FN4OS. The molecule has 128 valence electrons. The maximum atomic E-state index is 13.6. The van der Waals surface area contributed by atoms with Crippen LogP contribution in [0.3, 0.4) is 0 Å². The van der Waals surface area contributed by atoms with Gasteiger partial charge in [-0.15, -0.1) is 5.10 Å². The molecule has 24 heavy (non-hydrogen) atoms. The molecule has 2 saturated heterocycles. The Kier molecular flexibility index (Phi) is 5.63. The molecule has 7 heteroatoms. The summed E-state index contributed by atoms with van der Waals surface area (Å²) in [5.74, 6) is 0.849. The van der Waals surface area contributed by atoms with Crippen LogP contribution >= 0.6 is 11.8 Å². The Morgan fingerprint density at radius 3 is 2.92 bits per heavy atom. The van der Waals surface area contributed by atoms with Gasteiger partial charge >= 0.3 is 0 Å². The van der Waals surface area contributed by atoms with Crippen LogP contribution in [0.2, 0.25) is 0 Å². The van der Waals surface area contributed by atoms with E-state index in [0.717, 1.165) is 30.1 Å². The molecule has 2 fully saturated rings. The molecule has 0 saturated carbocycles. The molecule has 2 aliphatic heterocycles. The second kappa shape index (κ2) is 7.90. The summed E-state index contributed by atoms with van der Waals surface area (Å²) in [7, 11) is 0. The molecule has 0 aromatic heterocycles. The highest BCUT2D eigenvalue weighted by Crippen LogP contribution is 2.20. The van der Waals surface area contributed by atoms with Gasteiger partial charge in [-0.05, 0) is 55.1 Å². The zero-order valence-corrected chi connectivity index (χ0v) is 14.5. The molecule has 2 heterocycles. The number of nitrogens with zero attached hydrogens (tertiary/aromatic N) is 3. The van der Waals surface area contributed by atoms with Crippen molar-refractivity contribution in [2.24, 2.45) is 16.1 Å². The number of amidine groups is 1. The number of hydrogen-bond acceptors (Lipinski definition) is 5. The van der Waals surface area contributed by atoms with Crippen molar-refractivity contribution < 1.29 is 9.18 Å². The van der Waals surface area contributed by atoms with Crippen molar-refractivity contribution in [1.29, 1.82) is 0 Å². The van der Waals surface area contributed by atoms with Gasteiger partial charge in [0.25, 0.3) is 0 Å². The third-order valence-corrected chi connectivity index (χ3v) is 5.17. The van der Waals surface area contributed by atoms with E-state index in [1.54, 1.807) is 18.3 Å². The quantitative estimate of drug-likeness (QED) is 0.672. The van der Waals surface area contributed by atoms with E-state index in [-0.39, 0.29) is 11.7 Å². The minimum absolute atomic E-state index is 0.0595. The summed E-state index contributed by atoms with van der Waals surface area (Å²) >= 11 is 1.33. The molecule has 0 spiro atoms. The number of carbonyl (C=O) groups excluding carboxylic acids is 1. The van der Waals surface area contributed by atoms with E-state index in [4.69, 9.17) is 0 Å². The molecule has 1 amide bonds. The van der Waals surface area contributed by atoms with E-state index in [0.29, 0.717) is 17.5 Å². The monoisotopic (exact) mass is 348 g/mol. The van der Waals surface area contributed by atoms with Crippen LogP contribution in [-0.2, 0) is 11.3 Å². The standard InChI is InChI=1S/C17H21FN4OS/c1-12-4-6-22(7-5-12)10-14-8-15(18)3-2-13(14)9-19-21-17-20-16(23)11-24-17/h2-3,8-9,12H,4-7,10-11H2,1H3,(H,20,21,23). The van der Waals surface area contributed by atoms with Gasteiger partial charge in [0.15, 0.2) is 5.17 Å². The number of rotatable bonds is 4. The first kappa shape index (κ1) is 17.1. The summed E-state index contributed by atoms with van der Waals surface area (Å²) < 4.78 is 13.6. The van der Waals surface area contributed by atoms with Crippen molar-refractivity contribution in [3.05, 3.63) is 35.1 Å². The Balaban J connectivity index is 1.69. The molecule has 0 aliphatic carbocycles. The van der Waals surface area contributed by atoms with Crippen molar-refractivity contribution >= 4 is 29.1 Å². The van der Waals surface area contributed by atoms with Crippen LogP contribution in [0.15, 0.2) is 28.4 Å². The third-order valence-electron chi connectivity index (χ3n) is 4.31. The minimum atomic E-state index is -0.238. The molecular weight excluding hydrogens is 327 g/mol. The third kappa shape index (κ3) is 4.64. The average molecular weight is 348 g/mol. The first-order valence-electron chi connectivity index (χ1n) is 8.14. The molecule has 2 aliphatic rings. The average Bonchev–Trinajstić information content (AvgIpc) is 2.97. The highest BCUT2D eigenvalue weighted by Gasteiger charge is 2.17. The molecule has 0 bridgehead atoms. The van der Waals surface area contributed by atoms with Gasteiger partial charge in [-0.2, -0.15) is 5.10 Å². The fourth-order valence-electron chi connectivity index (χ4n) is 2.82. The SMILES string of the molecule is CC1CCN(Cc2cc(F)ccc2C=NN=C2NC(=O)CS2)CC1. The molecule has 1 N–H and O–H groups in total. The molecule has 0 radical (unpaired) electrons. The maximum Gasteiger partial charge on any atom is 0.236 e. The highest BCUT2D eigenvalue weighted by atomic mass is 32.2. The van der Waals surface area contributed by atoms with Crippen molar-refractivity contribution in [2.45, 2.75) is 26.3 Å². The van der Waals surface area contributed by atoms with Crippen LogP contribution in [0.25, 0.3) is 0 Å². The van der Waals surface area contributed by atoms with Crippen molar-refractivity contribution in [3.63, 3.8) is 0 Å². The van der Waals surface area contributed by atoms with Gasteiger partial charge in [0, 0.05) is 6.54 Å². The van der Waals surface area contributed by atoms with E-state index >= 15 is 0 Å². The topological polar surface area (TPSA) is 57.1 Å². The summed E-state index contributed by atoms with van der Waals surface area (Å²) in [5.41, 5.74) is 1.77. The van der Waals surface area contributed by atoms with Crippen molar-refractivity contribution in [1.82, 2.24) is 10.2 Å². The van der Waals surface area contributed by atoms with Gasteiger partial charge in [-0.1, -0.05) is 24.8 Å². The molecule has 0 unspecified atom stereocenters. The van der Waals surface area contributed by atoms with Crippen molar-refractivity contribution in [2.75, 3.05) is 18.8 Å². The summed E-state index contributed by atoms with van der Waals surface area (Å²) in [6.45, 7) is 5.07. The van der Waals surface area contributed by atoms with Crippen molar-refractivity contribution in [3.8, 4) is 0 Å². The number of halogens is 1. The number of thioether (sulfide) groups is 1. The Labute approximate surface area is 145 Å². The van der Waals surface area contributed by atoms with Gasteiger partial charge < -0.3 is 5.32 Å². The van der Waals surface area contributed by atoms with E-state index in [1.807, 2.05) is 0 Å². The number of nitrogens with one attached hydrogen (secondary N) is 1. The highest BCUT2D eigenvalue weighted by molar-refractivity contribution is 8.15. The first-order chi connectivity index (χ1) is 11.6.